The van der Waals surface area contributed by atoms with Gasteiger partial charge >= 0.3 is 5.97 Å². The number of nitrogens with zero attached hydrogens (tertiary/aromatic N) is 2. The molecule has 2 amide bonds. The van der Waals surface area contributed by atoms with Crippen molar-refractivity contribution in [2.45, 2.75) is 65.8 Å². The molecule has 2 bridgehead atoms. The first-order valence-electron chi connectivity index (χ1n) is 14.0. The summed E-state index contributed by atoms with van der Waals surface area (Å²) in [6.45, 7) is 8.68. The number of benzene rings is 1. The lowest BCUT2D eigenvalue weighted by Gasteiger charge is -2.37. The van der Waals surface area contributed by atoms with Crippen molar-refractivity contribution in [3.63, 3.8) is 0 Å². The maximum atomic E-state index is 14.5. The predicted molar refractivity (Wildman–Crippen MR) is 164 cm³/mol. The fourth-order valence-electron chi connectivity index (χ4n) is 6.38. The summed E-state index contributed by atoms with van der Waals surface area (Å²) in [4.78, 5) is 45.5. The van der Waals surface area contributed by atoms with Gasteiger partial charge in [-0.2, -0.15) is 0 Å². The van der Waals surface area contributed by atoms with Gasteiger partial charge < -0.3 is 19.6 Å². The summed E-state index contributed by atoms with van der Waals surface area (Å²) < 4.78 is 4.93. The van der Waals surface area contributed by atoms with Gasteiger partial charge in [0.1, 0.15) is 6.04 Å². The van der Waals surface area contributed by atoms with Gasteiger partial charge in [-0.05, 0) is 56.4 Å². The molecule has 3 saturated heterocycles. The molecule has 0 aliphatic carbocycles. The molecular formula is C30H38BrClN2O5S. The lowest BCUT2D eigenvalue weighted by molar-refractivity contribution is -0.154. The zero-order valence-electron chi connectivity index (χ0n) is 22.7. The first-order chi connectivity index (χ1) is 19.3. The zero-order chi connectivity index (χ0) is 28.9. The number of esters is 1. The van der Waals surface area contributed by atoms with Crippen LogP contribution in [0, 0.1) is 11.8 Å². The highest BCUT2D eigenvalue weighted by molar-refractivity contribution is 9.09. The number of likely N-dealkylation sites (tertiary alicyclic amines) is 1. The van der Waals surface area contributed by atoms with Crippen LogP contribution in [0.3, 0.4) is 0 Å². The highest BCUT2D eigenvalue weighted by Gasteiger charge is 2.76. The van der Waals surface area contributed by atoms with Gasteiger partial charge in [-0.3, -0.25) is 14.4 Å². The second-order valence-corrected chi connectivity index (χ2v) is 13.8. The second-order valence-electron chi connectivity index (χ2n) is 10.6. The highest BCUT2D eigenvalue weighted by atomic mass is 79.9. The van der Waals surface area contributed by atoms with Gasteiger partial charge in [-0.1, -0.05) is 52.5 Å². The van der Waals surface area contributed by atoms with E-state index in [2.05, 4.69) is 29.1 Å². The van der Waals surface area contributed by atoms with Crippen LogP contribution in [0.25, 0.3) is 0 Å². The van der Waals surface area contributed by atoms with Gasteiger partial charge in [-0.15, -0.1) is 24.9 Å². The Morgan fingerprint density at radius 2 is 1.90 bits per heavy atom. The van der Waals surface area contributed by atoms with E-state index < -0.39 is 22.6 Å². The molecule has 1 spiro atoms. The molecule has 3 aliphatic heterocycles. The van der Waals surface area contributed by atoms with Gasteiger partial charge in [0.05, 0.1) is 23.2 Å². The lowest BCUT2D eigenvalue weighted by Crippen LogP contribution is -2.55. The first-order valence-corrected chi connectivity index (χ1v) is 16.2. The van der Waals surface area contributed by atoms with E-state index >= 15 is 0 Å². The molecule has 3 fully saturated rings. The van der Waals surface area contributed by atoms with E-state index in [1.54, 1.807) is 58.0 Å². The Hall–Kier alpha value is -1.81. The monoisotopic (exact) mass is 652 g/mol. The van der Waals surface area contributed by atoms with Crippen molar-refractivity contribution in [3.05, 3.63) is 54.6 Å². The summed E-state index contributed by atoms with van der Waals surface area (Å²) in [7, 11) is 0. The van der Waals surface area contributed by atoms with E-state index in [9.17, 15) is 14.4 Å². The number of aliphatic hydroxyl groups is 1. The molecule has 7 nitrogen and oxygen atoms in total. The van der Waals surface area contributed by atoms with E-state index in [4.69, 9.17) is 21.4 Å². The van der Waals surface area contributed by atoms with E-state index in [-0.39, 0.29) is 47.6 Å². The van der Waals surface area contributed by atoms with Crippen molar-refractivity contribution in [1.82, 2.24) is 4.90 Å². The summed E-state index contributed by atoms with van der Waals surface area (Å²) in [5, 5.41) is 9.58. The van der Waals surface area contributed by atoms with Gasteiger partial charge in [0.15, 0.2) is 0 Å². The summed E-state index contributed by atoms with van der Waals surface area (Å²) >= 11 is 11.5. The van der Waals surface area contributed by atoms with Crippen LogP contribution in [0.1, 0.15) is 44.9 Å². The molecule has 40 heavy (non-hydrogen) atoms. The normalized spacial score (nSPS) is 28.4. The third-order valence-corrected chi connectivity index (χ3v) is 11.6. The number of fused-ring (bicyclic) bond motifs is 1. The standard InChI is InChI=1S/C30H38BrClN2O5S/c1-3-5-10-18-39-29(38)23-24-27(36)34(16-8-6-7-9-17-35)26(30(24)19-22(31)25(23)40-30)28(37)33(15-4-2)21-13-11-20(32)12-14-21/h3-4,11-14,22-26,35H,1-2,5-10,15-19H2/t22?,23-,24-,25-,26?,30?/m0/s1. The molecule has 1 N–H and O–H groups in total. The van der Waals surface area contributed by atoms with Crippen molar-refractivity contribution in [3.8, 4) is 0 Å². The molecule has 4 rings (SSSR count). The summed E-state index contributed by atoms with van der Waals surface area (Å²) in [5.74, 6) is -1.91. The molecule has 3 heterocycles. The number of ether oxygens (including phenoxy) is 1. The topological polar surface area (TPSA) is 87.1 Å². The largest absolute Gasteiger partial charge is 0.465 e. The number of carbonyl (C=O) groups is 3. The Morgan fingerprint density at radius 1 is 1.18 bits per heavy atom. The number of hydrogen-bond acceptors (Lipinski definition) is 6. The number of allylic oxidation sites excluding steroid dienone is 1. The van der Waals surface area contributed by atoms with Crippen LogP contribution in [0.2, 0.25) is 5.02 Å². The third kappa shape index (κ3) is 6.03. The fraction of sp³-hybridized carbons (Fsp3) is 0.567. The van der Waals surface area contributed by atoms with E-state index in [0.29, 0.717) is 42.9 Å². The summed E-state index contributed by atoms with van der Waals surface area (Å²) in [6.07, 6.45) is 8.59. The van der Waals surface area contributed by atoms with Crippen LogP contribution in [0.4, 0.5) is 5.69 Å². The average Bonchev–Trinajstić information content (AvgIpc) is 3.53. The molecular weight excluding hydrogens is 616 g/mol. The number of thioether (sulfide) groups is 1. The molecule has 0 aromatic heterocycles. The number of alkyl halides is 1. The highest BCUT2D eigenvalue weighted by Crippen LogP contribution is 2.68. The van der Waals surface area contributed by atoms with Crippen LogP contribution in [0.5, 0.6) is 0 Å². The van der Waals surface area contributed by atoms with Crippen LogP contribution >= 0.6 is 39.3 Å². The van der Waals surface area contributed by atoms with E-state index in [1.807, 2.05) is 0 Å². The first kappa shape index (κ1) is 31.1. The Kier molecular flexibility index (Phi) is 10.8. The van der Waals surface area contributed by atoms with Crippen LogP contribution in [-0.4, -0.2) is 75.0 Å². The number of carbonyl (C=O) groups excluding carboxylic acids is 3. The van der Waals surface area contributed by atoms with E-state index in [1.165, 1.54) is 0 Å². The van der Waals surface area contributed by atoms with Crippen LogP contribution in [0.15, 0.2) is 49.6 Å². The molecule has 6 atom stereocenters. The van der Waals surface area contributed by atoms with Gasteiger partial charge in [0, 0.05) is 40.5 Å². The van der Waals surface area contributed by atoms with Crippen LogP contribution in [-0.2, 0) is 19.1 Å². The molecule has 3 aliphatic rings. The Labute approximate surface area is 254 Å². The Bertz CT molecular complexity index is 1100. The Morgan fingerprint density at radius 3 is 2.58 bits per heavy atom. The summed E-state index contributed by atoms with van der Waals surface area (Å²) in [5.41, 5.74) is 0.676. The molecule has 3 unspecified atom stereocenters. The number of halogens is 2. The van der Waals surface area contributed by atoms with Gasteiger partial charge in [-0.25, -0.2) is 0 Å². The molecule has 10 heteroatoms. The predicted octanol–water partition coefficient (Wildman–Crippen LogP) is 5.39. The maximum Gasteiger partial charge on any atom is 0.310 e. The van der Waals surface area contributed by atoms with E-state index in [0.717, 1.165) is 19.3 Å². The minimum Gasteiger partial charge on any atom is -0.465 e. The minimum absolute atomic E-state index is 0.0181. The number of amides is 2. The van der Waals surface area contributed by atoms with Gasteiger partial charge in [0.25, 0.3) is 5.91 Å². The minimum atomic E-state index is -0.741. The molecule has 1 aromatic carbocycles. The zero-order valence-corrected chi connectivity index (χ0v) is 25.8. The van der Waals surface area contributed by atoms with Crippen molar-refractivity contribution < 1.29 is 24.2 Å². The molecule has 0 saturated carbocycles. The van der Waals surface area contributed by atoms with Crippen molar-refractivity contribution in [2.24, 2.45) is 11.8 Å². The molecule has 1 aromatic rings. The van der Waals surface area contributed by atoms with Crippen LogP contribution < -0.4 is 4.90 Å². The SMILES string of the molecule is C=CCCCOC(=O)[C@H]1[C@H]2C(=O)N(CCCCCCO)C(C(=O)N(CC=C)c3ccc(Cl)cc3)C23CC(Br)[C@@H]1S3. The molecule has 218 valence electrons. The number of anilines is 1. The van der Waals surface area contributed by atoms with Crippen molar-refractivity contribution in [1.29, 1.82) is 0 Å². The molecule has 0 radical (unpaired) electrons. The fourth-order valence-corrected chi connectivity index (χ4v) is 10.1. The smallest absolute Gasteiger partial charge is 0.310 e. The number of hydrogen-bond donors (Lipinski definition) is 1. The lowest BCUT2D eigenvalue weighted by atomic mass is 9.71. The average molecular weight is 654 g/mol. The Balaban J connectivity index is 1.68. The number of unbranched alkanes of at least 4 members (excludes halogenated alkanes) is 4. The van der Waals surface area contributed by atoms with Crippen molar-refractivity contribution in [2.75, 3.05) is 31.2 Å². The van der Waals surface area contributed by atoms with Gasteiger partial charge in [0.2, 0.25) is 5.91 Å². The summed E-state index contributed by atoms with van der Waals surface area (Å²) in [6, 6.07) is 6.34. The third-order valence-electron chi connectivity index (χ3n) is 8.12. The maximum absolute atomic E-state index is 14.5. The second kappa shape index (κ2) is 13.9. The quantitative estimate of drug-likeness (QED) is 0.118. The van der Waals surface area contributed by atoms with Crippen molar-refractivity contribution >= 4 is 62.8 Å². The number of rotatable bonds is 15. The number of aliphatic hydroxyl groups excluding tert-OH is 1.